The van der Waals surface area contributed by atoms with Gasteiger partial charge in [-0.15, -0.1) is 11.8 Å². The first-order valence-electron chi connectivity index (χ1n) is 10.3. The molecule has 0 aliphatic heterocycles. The lowest BCUT2D eigenvalue weighted by molar-refractivity contribution is -0.138. The van der Waals surface area contributed by atoms with Crippen LogP contribution in [0, 0.1) is 0 Å². The van der Waals surface area contributed by atoms with Gasteiger partial charge in [-0.3, -0.25) is 9.59 Å². The second-order valence-corrected chi connectivity index (χ2v) is 8.33. The standard InChI is InChI=1S/C24H32N2O3S/c1-5-18(2)25-24(28)19(3)26(15-20-9-7-6-8-10-20)23(27)17-30-16-21-11-13-22(29-4)14-12-21/h6-14,18-19H,5,15-17H2,1-4H3,(H,25,28)/t18-,19-/m0/s1. The third-order valence-electron chi connectivity index (χ3n) is 5.02. The zero-order valence-corrected chi connectivity index (χ0v) is 19.1. The average molecular weight is 429 g/mol. The molecule has 1 N–H and O–H groups in total. The third-order valence-corrected chi connectivity index (χ3v) is 6.01. The van der Waals surface area contributed by atoms with Gasteiger partial charge in [-0.1, -0.05) is 49.4 Å². The van der Waals surface area contributed by atoms with E-state index in [-0.39, 0.29) is 17.9 Å². The molecule has 2 atom stereocenters. The monoisotopic (exact) mass is 428 g/mol. The Morgan fingerprint density at radius 2 is 1.70 bits per heavy atom. The summed E-state index contributed by atoms with van der Waals surface area (Å²) in [6.07, 6.45) is 0.850. The van der Waals surface area contributed by atoms with E-state index in [1.165, 1.54) is 0 Å². The van der Waals surface area contributed by atoms with Gasteiger partial charge in [-0.25, -0.2) is 0 Å². The molecule has 2 amide bonds. The van der Waals surface area contributed by atoms with Gasteiger partial charge in [-0.05, 0) is 43.5 Å². The van der Waals surface area contributed by atoms with E-state index < -0.39 is 6.04 Å². The van der Waals surface area contributed by atoms with Gasteiger partial charge in [0.25, 0.3) is 0 Å². The Labute approximate surface area is 184 Å². The van der Waals surface area contributed by atoms with Crippen molar-refractivity contribution in [1.29, 1.82) is 0 Å². The number of rotatable bonds is 11. The van der Waals surface area contributed by atoms with Crippen molar-refractivity contribution in [2.24, 2.45) is 0 Å². The van der Waals surface area contributed by atoms with Crippen LogP contribution < -0.4 is 10.1 Å². The normalized spacial score (nSPS) is 12.7. The zero-order valence-electron chi connectivity index (χ0n) is 18.3. The molecule has 0 aromatic heterocycles. The summed E-state index contributed by atoms with van der Waals surface area (Å²) in [6, 6.07) is 17.2. The van der Waals surface area contributed by atoms with Crippen LogP contribution in [-0.2, 0) is 21.9 Å². The molecular formula is C24H32N2O3S. The first kappa shape index (κ1) is 23.8. The summed E-state index contributed by atoms with van der Waals surface area (Å²) in [4.78, 5) is 27.4. The number of hydrogen-bond donors (Lipinski definition) is 1. The third kappa shape index (κ3) is 7.41. The second kappa shape index (κ2) is 12.3. The van der Waals surface area contributed by atoms with Crippen LogP contribution in [0.3, 0.4) is 0 Å². The highest BCUT2D eigenvalue weighted by atomic mass is 32.2. The van der Waals surface area contributed by atoms with Gasteiger partial charge in [0.05, 0.1) is 12.9 Å². The van der Waals surface area contributed by atoms with Gasteiger partial charge in [0, 0.05) is 18.3 Å². The maximum atomic E-state index is 13.0. The maximum Gasteiger partial charge on any atom is 0.242 e. The first-order valence-corrected chi connectivity index (χ1v) is 11.4. The fourth-order valence-electron chi connectivity index (χ4n) is 2.89. The van der Waals surface area contributed by atoms with Crippen LogP contribution in [-0.4, -0.2) is 41.7 Å². The number of amides is 2. The molecule has 6 heteroatoms. The highest BCUT2D eigenvalue weighted by Crippen LogP contribution is 2.18. The molecule has 0 unspecified atom stereocenters. The molecule has 0 fully saturated rings. The number of benzene rings is 2. The summed E-state index contributed by atoms with van der Waals surface area (Å²) in [5.74, 6) is 1.70. The molecule has 0 aliphatic carbocycles. The van der Waals surface area contributed by atoms with Crippen molar-refractivity contribution in [1.82, 2.24) is 10.2 Å². The van der Waals surface area contributed by atoms with Crippen molar-refractivity contribution >= 4 is 23.6 Å². The molecule has 0 bridgehead atoms. The SMILES string of the molecule is CC[C@H](C)NC(=O)[C@H](C)N(Cc1ccccc1)C(=O)CSCc1ccc(OC)cc1. The Bertz CT molecular complexity index is 796. The molecule has 0 radical (unpaired) electrons. The molecule has 2 aromatic carbocycles. The van der Waals surface area contributed by atoms with Gasteiger partial charge in [0.2, 0.25) is 11.8 Å². The zero-order chi connectivity index (χ0) is 21.9. The summed E-state index contributed by atoms with van der Waals surface area (Å²) < 4.78 is 5.18. The van der Waals surface area contributed by atoms with Crippen LogP contribution in [0.1, 0.15) is 38.3 Å². The van der Waals surface area contributed by atoms with Gasteiger partial charge in [0.1, 0.15) is 11.8 Å². The van der Waals surface area contributed by atoms with E-state index in [0.29, 0.717) is 12.3 Å². The highest BCUT2D eigenvalue weighted by Gasteiger charge is 2.26. The second-order valence-electron chi connectivity index (χ2n) is 7.34. The molecule has 30 heavy (non-hydrogen) atoms. The van der Waals surface area contributed by atoms with Crippen molar-refractivity contribution < 1.29 is 14.3 Å². The molecule has 5 nitrogen and oxygen atoms in total. The lowest BCUT2D eigenvalue weighted by Gasteiger charge is -2.29. The minimum atomic E-state index is -0.534. The summed E-state index contributed by atoms with van der Waals surface area (Å²) in [7, 11) is 1.64. The van der Waals surface area contributed by atoms with Gasteiger partial charge in [-0.2, -0.15) is 0 Å². The maximum absolute atomic E-state index is 13.0. The fourth-order valence-corrected chi connectivity index (χ4v) is 3.76. The van der Waals surface area contributed by atoms with Crippen molar-refractivity contribution in [3.8, 4) is 5.75 Å². The van der Waals surface area contributed by atoms with Gasteiger partial charge in [0.15, 0.2) is 0 Å². The van der Waals surface area contributed by atoms with Crippen molar-refractivity contribution in [2.75, 3.05) is 12.9 Å². The molecule has 2 rings (SSSR count). The Hall–Kier alpha value is -2.47. The van der Waals surface area contributed by atoms with E-state index in [2.05, 4.69) is 5.32 Å². The quantitative estimate of drug-likeness (QED) is 0.581. The van der Waals surface area contributed by atoms with E-state index in [9.17, 15) is 9.59 Å². The van der Waals surface area contributed by atoms with E-state index >= 15 is 0 Å². The minimum absolute atomic E-state index is 0.0378. The van der Waals surface area contributed by atoms with Crippen molar-refractivity contribution in [2.45, 2.75) is 51.6 Å². The molecule has 162 valence electrons. The Kier molecular flexibility index (Phi) is 9.74. The minimum Gasteiger partial charge on any atom is -0.497 e. The van der Waals surface area contributed by atoms with Crippen LogP contribution in [0.25, 0.3) is 0 Å². The lowest BCUT2D eigenvalue weighted by Crippen LogP contribution is -2.50. The molecule has 0 heterocycles. The topological polar surface area (TPSA) is 58.6 Å². The number of thioether (sulfide) groups is 1. The molecule has 0 saturated heterocycles. The van der Waals surface area contributed by atoms with Gasteiger partial charge >= 0.3 is 0 Å². The smallest absolute Gasteiger partial charge is 0.242 e. The number of nitrogens with zero attached hydrogens (tertiary/aromatic N) is 1. The number of methoxy groups -OCH3 is 1. The summed E-state index contributed by atoms with van der Waals surface area (Å²) >= 11 is 1.55. The summed E-state index contributed by atoms with van der Waals surface area (Å²) in [5.41, 5.74) is 2.14. The van der Waals surface area contributed by atoms with Crippen LogP contribution in [0.4, 0.5) is 0 Å². The number of ether oxygens (including phenoxy) is 1. The summed E-state index contributed by atoms with van der Waals surface area (Å²) in [5, 5.41) is 2.99. The van der Waals surface area contributed by atoms with Crippen LogP contribution >= 0.6 is 11.8 Å². The van der Waals surface area contributed by atoms with E-state index in [4.69, 9.17) is 4.74 Å². The molecule has 0 saturated carbocycles. The Morgan fingerprint density at radius 3 is 2.30 bits per heavy atom. The number of hydrogen-bond acceptors (Lipinski definition) is 4. The highest BCUT2D eigenvalue weighted by molar-refractivity contribution is 7.99. The van der Waals surface area contributed by atoms with Crippen LogP contribution in [0.15, 0.2) is 54.6 Å². The number of carbonyl (C=O) groups is 2. The average Bonchev–Trinajstić information content (AvgIpc) is 2.77. The molecule has 2 aromatic rings. The predicted octanol–water partition coefficient (Wildman–Crippen LogP) is 4.26. The molecular weight excluding hydrogens is 396 g/mol. The van der Waals surface area contributed by atoms with Gasteiger partial charge < -0.3 is 15.0 Å². The molecule has 0 aliphatic rings. The summed E-state index contributed by atoms with van der Waals surface area (Å²) in [6.45, 7) is 6.21. The van der Waals surface area contributed by atoms with Crippen LogP contribution in [0.5, 0.6) is 5.75 Å². The van der Waals surface area contributed by atoms with E-state index in [1.807, 2.05) is 68.4 Å². The Balaban J connectivity index is 2.02. The van der Waals surface area contributed by atoms with E-state index in [0.717, 1.165) is 29.1 Å². The predicted molar refractivity (Wildman–Crippen MR) is 124 cm³/mol. The number of nitrogens with one attached hydrogen (secondary N) is 1. The molecule has 0 spiro atoms. The van der Waals surface area contributed by atoms with Crippen molar-refractivity contribution in [3.63, 3.8) is 0 Å². The van der Waals surface area contributed by atoms with Crippen molar-refractivity contribution in [3.05, 3.63) is 65.7 Å². The first-order chi connectivity index (χ1) is 14.4. The fraction of sp³-hybridized carbons (Fsp3) is 0.417. The van der Waals surface area contributed by atoms with E-state index in [1.54, 1.807) is 30.7 Å². The Morgan fingerprint density at radius 1 is 1.03 bits per heavy atom. The number of carbonyl (C=O) groups excluding carboxylic acids is 2. The lowest BCUT2D eigenvalue weighted by atomic mass is 10.1. The largest absolute Gasteiger partial charge is 0.497 e. The van der Waals surface area contributed by atoms with Crippen LogP contribution in [0.2, 0.25) is 0 Å².